The molecule has 0 fully saturated rings. The van der Waals surface area contributed by atoms with Crippen molar-refractivity contribution >= 4 is 23.2 Å². The van der Waals surface area contributed by atoms with Gasteiger partial charge in [0.2, 0.25) is 5.91 Å². The first-order valence-corrected chi connectivity index (χ1v) is 6.98. The SMILES string of the molecule is Cc1cccc(C)c1NCC(=O)Nc1ccccc1C(N)=O. The van der Waals surface area contributed by atoms with E-state index in [1.165, 1.54) is 0 Å². The maximum Gasteiger partial charge on any atom is 0.250 e. The van der Waals surface area contributed by atoms with Crippen molar-refractivity contribution in [3.63, 3.8) is 0 Å². The highest BCUT2D eigenvalue weighted by molar-refractivity contribution is 6.03. The van der Waals surface area contributed by atoms with Crippen molar-refractivity contribution in [3.8, 4) is 0 Å². The molecule has 0 aliphatic rings. The van der Waals surface area contributed by atoms with E-state index >= 15 is 0 Å². The fraction of sp³-hybridized carbons (Fsp3) is 0.176. The largest absolute Gasteiger partial charge is 0.376 e. The summed E-state index contributed by atoms with van der Waals surface area (Å²) in [6, 6.07) is 12.6. The van der Waals surface area contributed by atoms with Gasteiger partial charge in [-0.1, -0.05) is 30.3 Å². The van der Waals surface area contributed by atoms with E-state index in [4.69, 9.17) is 5.73 Å². The zero-order valence-electron chi connectivity index (χ0n) is 12.6. The minimum atomic E-state index is -0.571. The summed E-state index contributed by atoms with van der Waals surface area (Å²) in [6.45, 7) is 4.07. The summed E-state index contributed by atoms with van der Waals surface area (Å²) >= 11 is 0. The monoisotopic (exact) mass is 297 g/mol. The van der Waals surface area contributed by atoms with Crippen molar-refractivity contribution in [2.75, 3.05) is 17.2 Å². The number of nitrogens with two attached hydrogens (primary N) is 1. The van der Waals surface area contributed by atoms with Gasteiger partial charge in [0.1, 0.15) is 0 Å². The quantitative estimate of drug-likeness (QED) is 0.792. The summed E-state index contributed by atoms with van der Waals surface area (Å²) in [4.78, 5) is 23.4. The Balaban J connectivity index is 2.04. The molecule has 2 aromatic carbocycles. The van der Waals surface area contributed by atoms with Crippen LogP contribution >= 0.6 is 0 Å². The predicted molar refractivity (Wildman–Crippen MR) is 88.0 cm³/mol. The number of rotatable bonds is 5. The van der Waals surface area contributed by atoms with Crippen LogP contribution in [0.15, 0.2) is 42.5 Å². The van der Waals surface area contributed by atoms with Crippen molar-refractivity contribution in [2.45, 2.75) is 13.8 Å². The molecule has 2 rings (SSSR count). The average molecular weight is 297 g/mol. The van der Waals surface area contributed by atoms with E-state index in [0.29, 0.717) is 11.3 Å². The number of anilines is 2. The molecule has 22 heavy (non-hydrogen) atoms. The van der Waals surface area contributed by atoms with Gasteiger partial charge in [0.25, 0.3) is 5.91 Å². The van der Waals surface area contributed by atoms with Crippen molar-refractivity contribution in [3.05, 3.63) is 59.2 Å². The summed E-state index contributed by atoms with van der Waals surface area (Å²) < 4.78 is 0. The Morgan fingerprint density at radius 1 is 1.00 bits per heavy atom. The van der Waals surface area contributed by atoms with Crippen LogP contribution in [0.5, 0.6) is 0 Å². The van der Waals surface area contributed by atoms with E-state index in [0.717, 1.165) is 16.8 Å². The number of carbonyl (C=O) groups excluding carboxylic acids is 2. The lowest BCUT2D eigenvalue weighted by molar-refractivity contribution is -0.114. The zero-order valence-corrected chi connectivity index (χ0v) is 12.6. The third-order valence-electron chi connectivity index (χ3n) is 3.37. The van der Waals surface area contributed by atoms with Crippen LogP contribution in [0.3, 0.4) is 0 Å². The minimum absolute atomic E-state index is 0.110. The van der Waals surface area contributed by atoms with Crippen LogP contribution in [0.4, 0.5) is 11.4 Å². The molecule has 0 bridgehead atoms. The van der Waals surface area contributed by atoms with Gasteiger partial charge in [-0.2, -0.15) is 0 Å². The molecule has 0 saturated heterocycles. The summed E-state index contributed by atoms with van der Waals surface area (Å²) in [5.41, 5.74) is 9.10. The molecule has 2 aromatic rings. The van der Waals surface area contributed by atoms with E-state index in [-0.39, 0.29) is 12.5 Å². The number of aryl methyl sites for hydroxylation is 2. The second kappa shape index (κ2) is 6.76. The van der Waals surface area contributed by atoms with Crippen LogP contribution in [0, 0.1) is 13.8 Å². The highest BCUT2D eigenvalue weighted by atomic mass is 16.2. The minimum Gasteiger partial charge on any atom is -0.376 e. The number of hydrogen-bond acceptors (Lipinski definition) is 3. The van der Waals surface area contributed by atoms with E-state index in [9.17, 15) is 9.59 Å². The molecule has 0 aliphatic heterocycles. The Bertz CT molecular complexity index is 691. The van der Waals surface area contributed by atoms with Gasteiger partial charge in [0.05, 0.1) is 17.8 Å². The Kier molecular flexibility index (Phi) is 4.78. The molecule has 2 amide bonds. The van der Waals surface area contributed by atoms with E-state index in [2.05, 4.69) is 10.6 Å². The Morgan fingerprint density at radius 3 is 2.27 bits per heavy atom. The number of hydrogen-bond donors (Lipinski definition) is 3. The highest BCUT2D eigenvalue weighted by Gasteiger charge is 2.10. The highest BCUT2D eigenvalue weighted by Crippen LogP contribution is 2.19. The Hall–Kier alpha value is -2.82. The fourth-order valence-corrected chi connectivity index (χ4v) is 2.26. The second-order valence-electron chi connectivity index (χ2n) is 5.08. The maximum absolute atomic E-state index is 12.1. The number of nitrogens with one attached hydrogen (secondary N) is 2. The molecule has 0 heterocycles. The summed E-state index contributed by atoms with van der Waals surface area (Å²) in [5.74, 6) is -0.810. The van der Waals surface area contributed by atoms with Crippen LogP contribution in [0.25, 0.3) is 0 Å². The molecule has 0 aliphatic carbocycles. The lowest BCUT2D eigenvalue weighted by atomic mass is 10.1. The van der Waals surface area contributed by atoms with E-state index in [1.807, 2.05) is 32.0 Å². The smallest absolute Gasteiger partial charge is 0.250 e. The molecule has 0 aromatic heterocycles. The molecule has 0 spiro atoms. The average Bonchev–Trinajstić information content (AvgIpc) is 2.47. The summed E-state index contributed by atoms with van der Waals surface area (Å²) in [6.07, 6.45) is 0. The van der Waals surface area contributed by atoms with Gasteiger partial charge in [-0.15, -0.1) is 0 Å². The number of para-hydroxylation sites is 2. The molecule has 0 unspecified atom stereocenters. The van der Waals surface area contributed by atoms with Crippen LogP contribution in [0.1, 0.15) is 21.5 Å². The predicted octanol–water partition coefficient (Wildman–Crippen LogP) is 2.45. The number of amides is 2. The van der Waals surface area contributed by atoms with Crippen molar-refractivity contribution in [2.24, 2.45) is 5.73 Å². The Morgan fingerprint density at radius 2 is 1.64 bits per heavy atom. The van der Waals surface area contributed by atoms with Crippen LogP contribution in [-0.2, 0) is 4.79 Å². The van der Waals surface area contributed by atoms with Gasteiger partial charge < -0.3 is 16.4 Å². The van der Waals surface area contributed by atoms with Gasteiger partial charge in [-0.3, -0.25) is 9.59 Å². The van der Waals surface area contributed by atoms with Gasteiger partial charge in [-0.05, 0) is 37.1 Å². The number of carbonyl (C=O) groups is 2. The lowest BCUT2D eigenvalue weighted by Gasteiger charge is -2.13. The van der Waals surface area contributed by atoms with Crippen LogP contribution in [-0.4, -0.2) is 18.4 Å². The summed E-state index contributed by atoms with van der Waals surface area (Å²) in [7, 11) is 0. The normalized spacial score (nSPS) is 10.1. The standard InChI is InChI=1S/C17H19N3O2/c1-11-6-5-7-12(2)16(11)19-10-15(21)20-14-9-4-3-8-13(14)17(18)22/h3-9,19H,10H2,1-2H3,(H2,18,22)(H,20,21). The second-order valence-corrected chi connectivity index (χ2v) is 5.08. The lowest BCUT2D eigenvalue weighted by Crippen LogP contribution is -2.24. The third kappa shape index (κ3) is 3.63. The topological polar surface area (TPSA) is 84.2 Å². The molecule has 5 nitrogen and oxygen atoms in total. The fourth-order valence-electron chi connectivity index (χ4n) is 2.26. The first-order chi connectivity index (χ1) is 10.5. The van der Waals surface area contributed by atoms with Crippen LogP contribution < -0.4 is 16.4 Å². The molecule has 4 N–H and O–H groups in total. The number of benzene rings is 2. The zero-order chi connectivity index (χ0) is 16.1. The molecule has 0 radical (unpaired) electrons. The molecule has 0 atom stereocenters. The molecular weight excluding hydrogens is 278 g/mol. The van der Waals surface area contributed by atoms with Crippen molar-refractivity contribution in [1.29, 1.82) is 0 Å². The Labute approximate surface area is 129 Å². The first-order valence-electron chi connectivity index (χ1n) is 6.98. The summed E-state index contributed by atoms with van der Waals surface area (Å²) in [5, 5.41) is 5.82. The third-order valence-corrected chi connectivity index (χ3v) is 3.37. The van der Waals surface area contributed by atoms with Gasteiger partial charge in [-0.25, -0.2) is 0 Å². The molecular formula is C17H19N3O2. The molecule has 114 valence electrons. The van der Waals surface area contributed by atoms with Crippen molar-refractivity contribution in [1.82, 2.24) is 0 Å². The van der Waals surface area contributed by atoms with Crippen molar-refractivity contribution < 1.29 is 9.59 Å². The van der Waals surface area contributed by atoms with Gasteiger partial charge >= 0.3 is 0 Å². The van der Waals surface area contributed by atoms with E-state index in [1.54, 1.807) is 24.3 Å². The van der Waals surface area contributed by atoms with E-state index < -0.39 is 5.91 Å². The van der Waals surface area contributed by atoms with Gasteiger partial charge in [0, 0.05) is 5.69 Å². The maximum atomic E-state index is 12.1. The van der Waals surface area contributed by atoms with Crippen LogP contribution in [0.2, 0.25) is 0 Å². The molecule has 5 heteroatoms. The number of primary amides is 1. The molecule has 0 saturated carbocycles. The first kappa shape index (κ1) is 15.6. The van der Waals surface area contributed by atoms with Gasteiger partial charge in [0.15, 0.2) is 0 Å².